The fourth-order valence-corrected chi connectivity index (χ4v) is 2.21. The van der Waals surface area contributed by atoms with Crippen LogP contribution in [0.1, 0.15) is 50.7 Å². The Morgan fingerprint density at radius 2 is 1.56 bits per heavy atom. The summed E-state index contributed by atoms with van der Waals surface area (Å²) in [6.07, 6.45) is 3.98. The molecule has 1 heterocycles. The van der Waals surface area contributed by atoms with E-state index in [1.165, 1.54) is 21.9 Å². The van der Waals surface area contributed by atoms with Crippen LogP contribution in [0.15, 0.2) is 30.6 Å². The van der Waals surface area contributed by atoms with E-state index in [0.29, 0.717) is 11.8 Å². The van der Waals surface area contributed by atoms with Crippen LogP contribution in [-0.4, -0.2) is 4.98 Å². The molecule has 0 aliphatic carbocycles. The number of hydrogen-bond donors (Lipinski definition) is 0. The second-order valence-electron chi connectivity index (χ2n) is 4.98. The Bertz CT molecular complexity index is 455. The van der Waals surface area contributed by atoms with Gasteiger partial charge in [-0.05, 0) is 28.3 Å². The number of nitrogens with zero attached hydrogens (tertiary/aromatic N) is 1. The van der Waals surface area contributed by atoms with Crippen LogP contribution in [0, 0.1) is 0 Å². The van der Waals surface area contributed by atoms with E-state index in [2.05, 4.69) is 50.9 Å². The molecule has 1 nitrogen and oxygen atoms in total. The maximum atomic E-state index is 4.33. The molecule has 0 fully saturated rings. The van der Waals surface area contributed by atoms with Crippen LogP contribution in [0.25, 0.3) is 10.8 Å². The highest BCUT2D eigenvalue weighted by atomic mass is 14.6. The van der Waals surface area contributed by atoms with Crippen LogP contribution in [-0.2, 0) is 0 Å². The molecule has 0 bridgehead atoms. The molecule has 0 aliphatic heterocycles. The predicted molar refractivity (Wildman–Crippen MR) is 69.9 cm³/mol. The Kier molecular flexibility index (Phi) is 2.95. The van der Waals surface area contributed by atoms with E-state index in [4.69, 9.17) is 0 Å². The third-order valence-corrected chi connectivity index (χ3v) is 3.09. The summed E-state index contributed by atoms with van der Waals surface area (Å²) in [4.78, 5) is 4.33. The lowest BCUT2D eigenvalue weighted by Gasteiger charge is -2.15. The summed E-state index contributed by atoms with van der Waals surface area (Å²) >= 11 is 0. The third-order valence-electron chi connectivity index (χ3n) is 3.09. The zero-order valence-corrected chi connectivity index (χ0v) is 10.5. The summed E-state index contributed by atoms with van der Waals surface area (Å²) in [7, 11) is 0. The fourth-order valence-electron chi connectivity index (χ4n) is 2.21. The van der Waals surface area contributed by atoms with Gasteiger partial charge in [-0.1, -0.05) is 45.9 Å². The van der Waals surface area contributed by atoms with Gasteiger partial charge in [0.15, 0.2) is 0 Å². The number of aromatic nitrogens is 1. The Labute approximate surface area is 97.5 Å². The van der Waals surface area contributed by atoms with E-state index in [1.807, 2.05) is 12.4 Å². The molecule has 2 aromatic rings. The van der Waals surface area contributed by atoms with Gasteiger partial charge in [0.05, 0.1) is 0 Å². The van der Waals surface area contributed by atoms with Gasteiger partial charge in [0.25, 0.3) is 0 Å². The van der Waals surface area contributed by atoms with Crippen molar-refractivity contribution < 1.29 is 0 Å². The third kappa shape index (κ3) is 1.82. The van der Waals surface area contributed by atoms with Crippen LogP contribution in [0.2, 0.25) is 0 Å². The standard InChI is InChI=1S/C15H19N/c1-10(2)13-7-5-6-12-8-16-9-14(11(3)4)15(12)13/h5-11H,1-4H3. The molecule has 0 aliphatic rings. The maximum Gasteiger partial charge on any atom is 0.0346 e. The van der Waals surface area contributed by atoms with Crippen molar-refractivity contribution in [2.45, 2.75) is 39.5 Å². The Balaban J connectivity index is 2.82. The molecular weight excluding hydrogens is 194 g/mol. The van der Waals surface area contributed by atoms with Gasteiger partial charge < -0.3 is 0 Å². The van der Waals surface area contributed by atoms with E-state index < -0.39 is 0 Å². The monoisotopic (exact) mass is 213 g/mol. The highest BCUT2D eigenvalue weighted by molar-refractivity contribution is 5.88. The first-order valence-electron chi connectivity index (χ1n) is 5.97. The van der Waals surface area contributed by atoms with E-state index >= 15 is 0 Å². The van der Waals surface area contributed by atoms with Crippen molar-refractivity contribution in [2.24, 2.45) is 0 Å². The van der Waals surface area contributed by atoms with E-state index in [1.54, 1.807) is 0 Å². The Hall–Kier alpha value is -1.37. The molecule has 1 aromatic carbocycles. The second-order valence-corrected chi connectivity index (χ2v) is 4.98. The first-order valence-corrected chi connectivity index (χ1v) is 5.97. The smallest absolute Gasteiger partial charge is 0.0346 e. The van der Waals surface area contributed by atoms with Gasteiger partial charge in [-0.3, -0.25) is 4.98 Å². The minimum atomic E-state index is 0.524. The molecule has 1 heteroatoms. The van der Waals surface area contributed by atoms with Crippen molar-refractivity contribution in [3.05, 3.63) is 41.7 Å². The van der Waals surface area contributed by atoms with E-state index in [-0.39, 0.29) is 0 Å². The first kappa shape index (κ1) is 11.1. The number of rotatable bonds is 2. The minimum Gasteiger partial charge on any atom is -0.264 e. The quantitative estimate of drug-likeness (QED) is 0.716. The minimum absolute atomic E-state index is 0.524. The van der Waals surface area contributed by atoms with Gasteiger partial charge in [-0.15, -0.1) is 0 Å². The van der Waals surface area contributed by atoms with E-state index in [0.717, 1.165) is 0 Å². The summed E-state index contributed by atoms with van der Waals surface area (Å²) in [5.74, 6) is 1.08. The van der Waals surface area contributed by atoms with Crippen LogP contribution < -0.4 is 0 Å². The summed E-state index contributed by atoms with van der Waals surface area (Å²) in [5.41, 5.74) is 2.80. The average Bonchev–Trinajstić information content (AvgIpc) is 2.27. The van der Waals surface area contributed by atoms with Gasteiger partial charge in [0, 0.05) is 17.8 Å². The number of hydrogen-bond acceptors (Lipinski definition) is 1. The SMILES string of the molecule is CC(C)c1cccc2cncc(C(C)C)c12. The molecule has 0 radical (unpaired) electrons. The molecule has 1 aromatic heterocycles. The number of fused-ring (bicyclic) bond motifs is 1. The lowest BCUT2D eigenvalue weighted by molar-refractivity contribution is 0.849. The second kappa shape index (κ2) is 4.25. The molecule has 0 amide bonds. The van der Waals surface area contributed by atoms with E-state index in [9.17, 15) is 0 Å². The molecule has 0 N–H and O–H groups in total. The summed E-state index contributed by atoms with van der Waals surface area (Å²) in [6, 6.07) is 6.52. The average molecular weight is 213 g/mol. The Morgan fingerprint density at radius 3 is 2.19 bits per heavy atom. The fraction of sp³-hybridized carbons (Fsp3) is 0.400. The van der Waals surface area contributed by atoms with Crippen molar-refractivity contribution in [3.63, 3.8) is 0 Å². The molecule has 0 spiro atoms. The maximum absolute atomic E-state index is 4.33. The van der Waals surface area contributed by atoms with Crippen molar-refractivity contribution in [1.29, 1.82) is 0 Å². The van der Waals surface area contributed by atoms with Gasteiger partial charge in [-0.2, -0.15) is 0 Å². The Morgan fingerprint density at radius 1 is 0.875 bits per heavy atom. The van der Waals surface area contributed by atoms with Crippen LogP contribution >= 0.6 is 0 Å². The lowest BCUT2D eigenvalue weighted by Crippen LogP contribution is -1.97. The largest absolute Gasteiger partial charge is 0.264 e. The molecule has 2 rings (SSSR count). The van der Waals surface area contributed by atoms with Crippen LogP contribution in [0.3, 0.4) is 0 Å². The van der Waals surface area contributed by atoms with Gasteiger partial charge >= 0.3 is 0 Å². The van der Waals surface area contributed by atoms with Crippen molar-refractivity contribution in [2.75, 3.05) is 0 Å². The highest BCUT2D eigenvalue weighted by Gasteiger charge is 2.11. The van der Waals surface area contributed by atoms with Gasteiger partial charge in [0.1, 0.15) is 0 Å². The van der Waals surface area contributed by atoms with Crippen molar-refractivity contribution in [3.8, 4) is 0 Å². The topological polar surface area (TPSA) is 12.9 Å². The van der Waals surface area contributed by atoms with Crippen molar-refractivity contribution >= 4 is 10.8 Å². The van der Waals surface area contributed by atoms with Gasteiger partial charge in [0.2, 0.25) is 0 Å². The number of pyridine rings is 1. The van der Waals surface area contributed by atoms with Gasteiger partial charge in [-0.25, -0.2) is 0 Å². The molecule has 0 atom stereocenters. The van der Waals surface area contributed by atoms with Crippen molar-refractivity contribution in [1.82, 2.24) is 4.98 Å². The summed E-state index contributed by atoms with van der Waals surface area (Å²) in [6.45, 7) is 8.96. The number of benzene rings is 1. The normalized spacial score (nSPS) is 11.6. The predicted octanol–water partition coefficient (Wildman–Crippen LogP) is 4.48. The summed E-state index contributed by atoms with van der Waals surface area (Å²) in [5, 5.41) is 2.67. The first-order chi connectivity index (χ1) is 7.61. The summed E-state index contributed by atoms with van der Waals surface area (Å²) < 4.78 is 0. The molecule has 16 heavy (non-hydrogen) atoms. The molecule has 0 unspecified atom stereocenters. The zero-order valence-electron chi connectivity index (χ0n) is 10.5. The lowest BCUT2D eigenvalue weighted by atomic mass is 9.90. The van der Waals surface area contributed by atoms with Crippen LogP contribution in [0.5, 0.6) is 0 Å². The molecule has 84 valence electrons. The zero-order chi connectivity index (χ0) is 11.7. The molecule has 0 saturated carbocycles. The highest BCUT2D eigenvalue weighted by Crippen LogP contribution is 2.31. The molecular formula is C15H19N. The van der Waals surface area contributed by atoms with Crippen LogP contribution in [0.4, 0.5) is 0 Å². The molecule has 0 saturated heterocycles.